The number of pyridine rings is 6. The Morgan fingerprint density at radius 3 is 0.857 bits per heavy atom. The average Bonchev–Trinajstić information content (AvgIpc) is 1.63. The van der Waals surface area contributed by atoms with Crippen LogP contribution in [0, 0.1) is 6.92 Å². The van der Waals surface area contributed by atoms with E-state index in [1.54, 1.807) is 12.1 Å². The lowest BCUT2D eigenvalue weighted by Gasteiger charge is -2.20. The number of aromatic hydroxyl groups is 1. The van der Waals surface area contributed by atoms with Crippen molar-refractivity contribution < 1.29 is 9.84 Å². The van der Waals surface area contributed by atoms with Gasteiger partial charge in [-0.3, -0.25) is 27.6 Å². The van der Waals surface area contributed by atoms with E-state index in [0.29, 0.717) is 47.3 Å². The molecule has 0 aliphatic heterocycles. The van der Waals surface area contributed by atoms with Crippen molar-refractivity contribution in [2.45, 2.75) is 165 Å². The van der Waals surface area contributed by atoms with Crippen molar-refractivity contribution in [3.05, 3.63) is 306 Å². The van der Waals surface area contributed by atoms with Crippen LogP contribution in [-0.2, 0) is 0 Å². The fourth-order valence-electron chi connectivity index (χ4n) is 18.8. The minimum absolute atomic E-state index is 0.239. The summed E-state index contributed by atoms with van der Waals surface area (Å²) in [6, 6.07) is 73.3. The predicted octanol–water partition coefficient (Wildman–Crippen LogP) is 29.1. The van der Waals surface area contributed by atoms with E-state index < -0.39 is 0 Å². The molecule has 0 unspecified atom stereocenters. The first-order valence-electron chi connectivity index (χ1n) is 42.4. The summed E-state index contributed by atoms with van der Waals surface area (Å²) in [6.45, 7) is 38.4. The Bertz CT molecular complexity index is 6860. The molecule has 20 rings (SSSR count). The summed E-state index contributed by atoms with van der Waals surface area (Å²) >= 11 is 0. The lowest BCUT2D eigenvalue weighted by Crippen LogP contribution is -2.02. The highest BCUT2D eigenvalue weighted by Crippen LogP contribution is 2.47. The van der Waals surface area contributed by atoms with E-state index >= 15 is 0 Å². The van der Waals surface area contributed by atoms with Gasteiger partial charge in [0.1, 0.15) is 39.8 Å². The number of ether oxygens (including phenoxy) is 1. The molecule has 119 heavy (non-hydrogen) atoms. The van der Waals surface area contributed by atoms with Crippen LogP contribution in [0.5, 0.6) is 17.2 Å². The second-order valence-electron chi connectivity index (χ2n) is 34.8. The number of nitrogens with zero attached hydrogens (tertiary/aromatic N) is 10. The Morgan fingerprint density at radius 1 is 0.252 bits per heavy atom. The summed E-state index contributed by atoms with van der Waals surface area (Å²) in [4.78, 5) is 29.1. The van der Waals surface area contributed by atoms with E-state index in [-0.39, 0.29) is 5.75 Å². The number of para-hydroxylation sites is 2. The van der Waals surface area contributed by atoms with E-state index in [1.807, 2.05) is 43.1 Å². The van der Waals surface area contributed by atoms with Crippen LogP contribution >= 0.6 is 0 Å². The number of hydrogen-bond donors (Lipinski definition) is 1. The van der Waals surface area contributed by atoms with Gasteiger partial charge in [-0.1, -0.05) is 238 Å². The van der Waals surface area contributed by atoms with Gasteiger partial charge in [0.2, 0.25) is 0 Å². The van der Waals surface area contributed by atoms with Crippen LogP contribution in [0.3, 0.4) is 0 Å². The Hall–Kier alpha value is -13.1. The molecule has 0 atom stereocenters. The fraction of sp³-hybridized carbons (Fsp3) is 0.234. The highest BCUT2D eigenvalue weighted by atomic mass is 16.5. The van der Waals surface area contributed by atoms with Crippen molar-refractivity contribution in [3.8, 4) is 62.3 Å². The third-order valence-electron chi connectivity index (χ3n) is 24.5. The van der Waals surface area contributed by atoms with Crippen LogP contribution in [0.15, 0.2) is 256 Å². The molecular formula is C107H102N10O2. The van der Waals surface area contributed by atoms with E-state index in [4.69, 9.17) is 24.7 Å². The van der Waals surface area contributed by atoms with Gasteiger partial charge in [-0.25, -0.2) is 19.9 Å². The molecule has 0 saturated heterocycles. The first-order chi connectivity index (χ1) is 57.5. The largest absolute Gasteiger partial charge is 0.508 e. The van der Waals surface area contributed by atoms with Gasteiger partial charge in [0.15, 0.2) is 0 Å². The minimum Gasteiger partial charge on any atom is -0.508 e. The third kappa shape index (κ3) is 13.1. The molecule has 0 radical (unpaired) electrons. The lowest BCUT2D eigenvalue weighted by atomic mass is 9.87. The summed E-state index contributed by atoms with van der Waals surface area (Å²) in [5.74, 6) is 4.82. The predicted molar refractivity (Wildman–Crippen MR) is 497 cm³/mol. The van der Waals surface area contributed by atoms with Gasteiger partial charge in [-0.2, -0.15) is 0 Å². The van der Waals surface area contributed by atoms with E-state index in [2.05, 4.69) is 346 Å². The first kappa shape index (κ1) is 77.2. The molecule has 12 nitrogen and oxygen atoms in total. The molecule has 592 valence electrons. The van der Waals surface area contributed by atoms with Crippen molar-refractivity contribution in [1.29, 1.82) is 0 Å². The zero-order valence-electron chi connectivity index (χ0n) is 71.2. The Balaban J connectivity index is 0.000000136. The normalized spacial score (nSPS) is 12.2. The van der Waals surface area contributed by atoms with Crippen molar-refractivity contribution in [1.82, 2.24) is 47.5 Å². The maximum atomic E-state index is 10.2. The second kappa shape index (κ2) is 30.8. The molecule has 1 N–H and O–H groups in total. The number of hydrogen-bond acceptors (Lipinski definition) is 8. The zero-order valence-corrected chi connectivity index (χ0v) is 71.2. The van der Waals surface area contributed by atoms with Crippen LogP contribution in [0.25, 0.3) is 154 Å². The van der Waals surface area contributed by atoms with E-state index in [9.17, 15) is 5.11 Å². The maximum absolute atomic E-state index is 10.2. The topological polar surface area (TPSA) is 124 Å². The number of imidazole rings is 4. The molecule has 0 aliphatic rings. The number of phenols is 1. The van der Waals surface area contributed by atoms with E-state index in [0.717, 1.165) is 111 Å². The Morgan fingerprint density at radius 2 is 0.529 bits per heavy atom. The van der Waals surface area contributed by atoms with Crippen LogP contribution in [0.2, 0.25) is 0 Å². The number of aromatic nitrogens is 10. The fourth-order valence-corrected chi connectivity index (χ4v) is 18.8. The Kier molecular flexibility index (Phi) is 20.0. The summed E-state index contributed by atoms with van der Waals surface area (Å²) in [5.41, 5.74) is 29.8. The number of aryl methyl sites for hydroxylation is 1. The molecule has 10 aromatic carbocycles. The van der Waals surface area contributed by atoms with Gasteiger partial charge < -0.3 is 9.84 Å². The molecule has 10 heterocycles. The summed E-state index contributed by atoms with van der Waals surface area (Å²) < 4.78 is 16.1. The van der Waals surface area contributed by atoms with E-state index in [1.165, 1.54) is 105 Å². The molecule has 0 fully saturated rings. The smallest absolute Gasteiger partial charge is 0.145 e. The van der Waals surface area contributed by atoms with Gasteiger partial charge in [0, 0.05) is 90.1 Å². The maximum Gasteiger partial charge on any atom is 0.145 e. The number of phenolic OH excluding ortho intramolecular Hbond substituents is 1. The molecule has 12 heteroatoms. The highest BCUT2D eigenvalue weighted by molar-refractivity contribution is 6.16. The SMILES string of the molecule is CC(C)c1cccc(C(C)C)c1-c1cnc2c3cc(O)ccc3c3cnccc3n12.CC(C)c1cccc(C(C)C)c1-c1cnc2c3cc(Oc4ccc5c6cnccc6n6c(-c7c(C(C)C)cccc7C(C)C)cnc6c5c4)ccc3c3ccccc3n12.Cc1ccc2c3ccccc3n3c(-c4c(C(C)C)cccc4C(C)C)cnc3c2c1. The molecule has 10 aromatic heterocycles. The summed E-state index contributed by atoms with van der Waals surface area (Å²) in [6.07, 6.45) is 15.8. The van der Waals surface area contributed by atoms with Gasteiger partial charge in [-0.05, 0) is 205 Å². The third-order valence-corrected chi connectivity index (χ3v) is 24.5. The lowest BCUT2D eigenvalue weighted by molar-refractivity contribution is 0.476. The number of fused-ring (bicyclic) bond motifs is 24. The molecule has 0 spiro atoms. The summed E-state index contributed by atoms with van der Waals surface area (Å²) in [5, 5.41) is 23.5. The van der Waals surface area contributed by atoms with Crippen LogP contribution < -0.4 is 4.74 Å². The monoisotopic (exact) mass is 1560 g/mol. The van der Waals surface area contributed by atoms with Gasteiger partial charge in [0.25, 0.3) is 0 Å². The van der Waals surface area contributed by atoms with Crippen LogP contribution in [0.1, 0.15) is 208 Å². The van der Waals surface area contributed by atoms with Crippen molar-refractivity contribution in [3.63, 3.8) is 0 Å². The van der Waals surface area contributed by atoms with Gasteiger partial charge in [-0.15, -0.1) is 0 Å². The van der Waals surface area contributed by atoms with Gasteiger partial charge >= 0.3 is 0 Å². The molecule has 20 aromatic rings. The molecule has 0 aliphatic carbocycles. The van der Waals surface area contributed by atoms with Crippen LogP contribution in [0.4, 0.5) is 0 Å². The zero-order chi connectivity index (χ0) is 82.7. The molecule has 0 bridgehead atoms. The standard InChI is InChI=1S/C53H49N5O.C28H28N2.C26H25N3O/c1-30(2)36-14-11-15-37(31(3)4)50(36)48-28-55-52-43-25-34(19-21-40(43)42-13-9-10-18-46(42)57(48)52)59-35-20-22-41-44(26-35)53-56-29-49(58(53)47-23-24-54-27-45(41)47)51-38(32(5)6)16-12-17-39(51)33(7)8;1-17(2)20-10-8-11-21(18(3)4)27(20)26-16-29-28-24-15-19(5)13-14-22(24)23-9-6-7-12-25(23)30(26)28;1-15(2)18-6-5-7-19(16(3)4)25(18)24-14-28-26-21-12-17(30)8-9-20(21)22-13-27-11-10-23(22)29(24)26/h9-33H,1-8H3;6-18H,1-5H3;5-16,30H,1-4H3. The summed E-state index contributed by atoms with van der Waals surface area (Å²) in [7, 11) is 0. The molecule has 0 saturated carbocycles. The van der Waals surface area contributed by atoms with Crippen LogP contribution in [-0.4, -0.2) is 52.6 Å². The van der Waals surface area contributed by atoms with Crippen molar-refractivity contribution in [2.75, 3.05) is 0 Å². The van der Waals surface area contributed by atoms with Crippen molar-refractivity contribution in [2.24, 2.45) is 0 Å². The molecule has 0 amide bonds. The second-order valence-corrected chi connectivity index (χ2v) is 34.8. The minimum atomic E-state index is 0.239. The average molecular weight is 1560 g/mol. The number of rotatable bonds is 14. The first-order valence-corrected chi connectivity index (χ1v) is 42.4. The molecular weight excluding hydrogens is 1460 g/mol. The Labute approximate surface area is 695 Å². The quantitative estimate of drug-likeness (QED) is 0.107. The van der Waals surface area contributed by atoms with Crippen molar-refractivity contribution >= 4 is 109 Å². The highest BCUT2D eigenvalue weighted by Gasteiger charge is 2.28. The van der Waals surface area contributed by atoms with Gasteiger partial charge in [0.05, 0.1) is 69.6 Å². The number of benzene rings is 10.